The molecule has 0 bridgehead atoms. The third-order valence-corrected chi connectivity index (χ3v) is 2.30. The summed E-state index contributed by atoms with van der Waals surface area (Å²) in [6, 6.07) is 16.6. The van der Waals surface area contributed by atoms with Crippen LogP contribution in [0.2, 0.25) is 0 Å². The third kappa shape index (κ3) is 1.95. The number of benzene rings is 2. The first-order valence-corrected chi connectivity index (χ1v) is 4.80. The van der Waals surface area contributed by atoms with Crippen molar-refractivity contribution in [2.45, 2.75) is 0 Å². The van der Waals surface area contributed by atoms with E-state index in [9.17, 15) is 4.79 Å². The number of carbonyl (C=O) groups excluding carboxylic acids is 1. The molecule has 2 rings (SSSR count). The van der Waals surface area contributed by atoms with Crippen molar-refractivity contribution in [3.63, 3.8) is 0 Å². The quantitative estimate of drug-likeness (QED) is 0.734. The zero-order valence-electron chi connectivity index (χ0n) is 8.31. The lowest BCUT2D eigenvalue weighted by Crippen LogP contribution is -2.42. The summed E-state index contributed by atoms with van der Waals surface area (Å²) in [7, 11) is 0. The molecule has 0 aromatic heterocycles. The van der Waals surface area contributed by atoms with Crippen molar-refractivity contribution in [3.8, 4) is 0 Å². The van der Waals surface area contributed by atoms with Crippen LogP contribution in [0.1, 0.15) is 15.9 Å². The maximum absolute atomic E-state index is 12.0. The smallest absolute Gasteiger partial charge is 0.199 e. The molecule has 0 aliphatic heterocycles. The molecule has 2 aromatic rings. The molecule has 2 nitrogen and oxygen atoms in total. The average Bonchev–Trinajstić information content (AvgIpc) is 2.30. The van der Waals surface area contributed by atoms with E-state index in [-0.39, 0.29) is 5.78 Å². The average molecular weight is 198 g/mol. The van der Waals surface area contributed by atoms with Crippen molar-refractivity contribution in [3.05, 3.63) is 65.7 Å². The zero-order chi connectivity index (χ0) is 10.7. The largest absolute Gasteiger partial charge is 0.325 e. The predicted molar refractivity (Wildman–Crippen MR) is 58.9 cm³/mol. The van der Waals surface area contributed by atoms with Crippen molar-refractivity contribution in [1.29, 1.82) is 0 Å². The lowest BCUT2D eigenvalue weighted by Gasteiger charge is -2.01. The monoisotopic (exact) mass is 198 g/mol. The van der Waals surface area contributed by atoms with Gasteiger partial charge in [-0.05, 0) is 12.1 Å². The Bertz CT molecular complexity index is 477. The molecule has 0 unspecified atom stereocenters. The van der Waals surface area contributed by atoms with Gasteiger partial charge in [-0.25, -0.2) is 0 Å². The summed E-state index contributed by atoms with van der Waals surface area (Å²) in [5.41, 5.74) is 5.99. The number of hydrogen-bond donors (Lipinski definition) is 1. The van der Waals surface area contributed by atoms with E-state index in [1.165, 1.54) is 0 Å². The summed E-state index contributed by atoms with van der Waals surface area (Å²) in [6.45, 7) is 0. The normalized spacial score (nSPS) is 9.93. The highest BCUT2D eigenvalue weighted by atomic mass is 16.1. The molecule has 0 atom stereocenters. The van der Waals surface area contributed by atoms with E-state index in [2.05, 4.69) is 5.73 Å². The van der Waals surface area contributed by atoms with Crippen molar-refractivity contribution in [1.82, 2.24) is 0 Å². The van der Waals surface area contributed by atoms with Crippen LogP contribution in [0, 0.1) is 0 Å². The van der Waals surface area contributed by atoms with Crippen molar-refractivity contribution in [2.24, 2.45) is 0 Å². The van der Waals surface area contributed by atoms with Gasteiger partial charge in [0.2, 0.25) is 0 Å². The molecule has 0 fully saturated rings. The molecule has 74 valence electrons. The fraction of sp³-hybridized carbons (Fsp3) is 0. The number of ketones is 1. The van der Waals surface area contributed by atoms with Gasteiger partial charge in [0.1, 0.15) is 5.69 Å². The molecule has 0 radical (unpaired) electrons. The van der Waals surface area contributed by atoms with Crippen LogP contribution < -0.4 is 5.73 Å². The Morgan fingerprint density at radius 1 is 0.867 bits per heavy atom. The first-order valence-electron chi connectivity index (χ1n) is 4.80. The molecule has 0 amide bonds. The second-order valence-electron chi connectivity index (χ2n) is 3.35. The van der Waals surface area contributed by atoms with Gasteiger partial charge >= 0.3 is 0 Å². The highest BCUT2D eigenvalue weighted by Gasteiger charge is 2.12. The van der Waals surface area contributed by atoms with Gasteiger partial charge in [0.15, 0.2) is 5.78 Å². The van der Waals surface area contributed by atoms with Crippen molar-refractivity contribution >= 4 is 11.5 Å². The fourth-order valence-electron chi connectivity index (χ4n) is 1.49. The first kappa shape index (κ1) is 9.62. The van der Waals surface area contributed by atoms with Crippen LogP contribution in [0.5, 0.6) is 0 Å². The van der Waals surface area contributed by atoms with E-state index in [1.807, 2.05) is 48.5 Å². The van der Waals surface area contributed by atoms with Crippen LogP contribution in [-0.2, 0) is 0 Å². The van der Waals surface area contributed by atoms with Gasteiger partial charge in [-0.2, -0.15) is 0 Å². The van der Waals surface area contributed by atoms with Crippen LogP contribution in [-0.4, -0.2) is 5.78 Å². The van der Waals surface area contributed by atoms with Gasteiger partial charge in [0.05, 0.1) is 5.56 Å². The summed E-state index contributed by atoms with van der Waals surface area (Å²) in [4.78, 5) is 12.0. The third-order valence-electron chi connectivity index (χ3n) is 2.30. The number of hydrogen-bond acceptors (Lipinski definition) is 1. The van der Waals surface area contributed by atoms with Gasteiger partial charge in [-0.1, -0.05) is 42.5 Å². The Balaban J connectivity index is 2.42. The van der Waals surface area contributed by atoms with Crippen molar-refractivity contribution in [2.75, 3.05) is 0 Å². The first-order chi connectivity index (χ1) is 7.29. The number of rotatable bonds is 2. The van der Waals surface area contributed by atoms with Gasteiger partial charge in [-0.15, -0.1) is 0 Å². The number of carbonyl (C=O) groups is 1. The van der Waals surface area contributed by atoms with E-state index in [0.29, 0.717) is 11.1 Å². The Kier molecular flexibility index (Phi) is 2.61. The minimum absolute atomic E-state index is 0.0289. The maximum Gasteiger partial charge on any atom is 0.199 e. The molecule has 0 heterocycles. The van der Waals surface area contributed by atoms with Gasteiger partial charge in [-0.3, -0.25) is 4.79 Å². The van der Waals surface area contributed by atoms with Crippen LogP contribution in [0.3, 0.4) is 0 Å². The molecule has 0 spiro atoms. The van der Waals surface area contributed by atoms with E-state index in [1.54, 1.807) is 6.07 Å². The summed E-state index contributed by atoms with van der Waals surface area (Å²) >= 11 is 0. The Morgan fingerprint density at radius 2 is 1.47 bits per heavy atom. The fourth-order valence-corrected chi connectivity index (χ4v) is 1.49. The van der Waals surface area contributed by atoms with E-state index in [4.69, 9.17) is 0 Å². The second-order valence-corrected chi connectivity index (χ2v) is 3.35. The number of quaternary nitrogens is 1. The SMILES string of the molecule is [NH3+]c1ccccc1C(=O)c1ccccc1. The highest BCUT2D eigenvalue weighted by molar-refractivity contribution is 6.11. The maximum atomic E-state index is 12.0. The molecule has 0 aliphatic rings. The van der Waals surface area contributed by atoms with E-state index < -0.39 is 0 Å². The molecular formula is C13H12NO+. The zero-order valence-corrected chi connectivity index (χ0v) is 8.31. The highest BCUT2D eigenvalue weighted by Crippen LogP contribution is 2.14. The van der Waals surface area contributed by atoms with Crippen LogP contribution in [0.4, 0.5) is 5.69 Å². The van der Waals surface area contributed by atoms with Crippen LogP contribution >= 0.6 is 0 Å². The van der Waals surface area contributed by atoms with E-state index >= 15 is 0 Å². The molecule has 0 saturated carbocycles. The minimum Gasteiger partial charge on any atom is -0.325 e. The standard InChI is InChI=1S/C13H11NO/c14-12-9-5-4-8-11(12)13(15)10-6-2-1-3-7-10/h1-9H,14H2/p+1. The second kappa shape index (κ2) is 4.07. The lowest BCUT2D eigenvalue weighted by atomic mass is 10.0. The summed E-state index contributed by atoms with van der Waals surface area (Å²) in [5.74, 6) is 0.0289. The summed E-state index contributed by atoms with van der Waals surface area (Å²) < 4.78 is 0. The molecule has 0 aliphatic carbocycles. The topological polar surface area (TPSA) is 44.7 Å². The minimum atomic E-state index is 0.0289. The lowest BCUT2D eigenvalue weighted by molar-refractivity contribution is -0.255. The Labute approximate surface area is 88.4 Å². The molecule has 2 heteroatoms. The molecule has 3 N–H and O–H groups in total. The van der Waals surface area contributed by atoms with Gasteiger partial charge in [0, 0.05) is 5.56 Å². The Morgan fingerprint density at radius 3 is 2.13 bits per heavy atom. The molecule has 2 aromatic carbocycles. The van der Waals surface area contributed by atoms with Crippen LogP contribution in [0.15, 0.2) is 54.6 Å². The molecular weight excluding hydrogens is 186 g/mol. The molecule has 15 heavy (non-hydrogen) atoms. The van der Waals surface area contributed by atoms with Crippen LogP contribution in [0.25, 0.3) is 0 Å². The Hall–Kier alpha value is -1.93. The van der Waals surface area contributed by atoms with Crippen molar-refractivity contribution < 1.29 is 10.5 Å². The van der Waals surface area contributed by atoms with Gasteiger partial charge < -0.3 is 5.73 Å². The summed E-state index contributed by atoms with van der Waals surface area (Å²) in [5, 5.41) is 0. The molecule has 0 saturated heterocycles. The van der Waals surface area contributed by atoms with E-state index in [0.717, 1.165) is 5.69 Å². The predicted octanol–water partition coefficient (Wildman–Crippen LogP) is 1.79. The summed E-state index contributed by atoms with van der Waals surface area (Å²) in [6.07, 6.45) is 0. The van der Waals surface area contributed by atoms with Gasteiger partial charge in [0.25, 0.3) is 0 Å².